The highest BCUT2D eigenvalue weighted by Crippen LogP contribution is 2.51. The lowest BCUT2D eigenvalue weighted by atomic mass is 9.72. The topological polar surface area (TPSA) is 35.6 Å². The van der Waals surface area contributed by atoms with E-state index in [9.17, 15) is 0 Å². The number of aromatic nitrogens is 4. The molecule has 11 rings (SSSR count). The van der Waals surface area contributed by atoms with Gasteiger partial charge in [0.2, 0.25) is 0 Å². The van der Waals surface area contributed by atoms with Crippen LogP contribution < -0.4 is 0 Å². The number of fused-ring (bicyclic) bond motifs is 9. The van der Waals surface area contributed by atoms with Crippen molar-refractivity contribution in [2.45, 2.75) is 67.2 Å². The molecule has 0 aliphatic heterocycles. The van der Waals surface area contributed by atoms with Crippen molar-refractivity contribution in [2.24, 2.45) is 0 Å². The molecule has 10 aromatic rings. The second-order valence-corrected chi connectivity index (χ2v) is 17.5. The third kappa shape index (κ3) is 5.36. The van der Waals surface area contributed by atoms with E-state index in [-0.39, 0.29) is 0 Å². The highest BCUT2D eigenvalue weighted by atomic mass is 15.0. The van der Waals surface area contributed by atoms with Crippen molar-refractivity contribution in [2.75, 3.05) is 0 Å². The second-order valence-electron chi connectivity index (χ2n) is 17.5. The summed E-state index contributed by atoms with van der Waals surface area (Å²) in [5.41, 5.74) is 25.3. The quantitative estimate of drug-likeness (QED) is 0.178. The first-order valence-electron chi connectivity index (χ1n) is 21.3. The number of rotatable bonds is 4. The summed E-state index contributed by atoms with van der Waals surface area (Å²) < 4.78 is 4.83. The molecule has 2 unspecified atom stereocenters. The van der Waals surface area contributed by atoms with Gasteiger partial charge < -0.3 is 9.13 Å². The van der Waals surface area contributed by atoms with Gasteiger partial charge in [0, 0.05) is 33.9 Å². The molecule has 1 aliphatic rings. The Kier molecular flexibility index (Phi) is 8.09. The predicted octanol–water partition coefficient (Wildman–Crippen LogP) is 14.7. The van der Waals surface area contributed by atoms with E-state index in [1.807, 2.05) is 36.9 Å². The minimum Gasteiger partial charge on any atom is -0.308 e. The first-order chi connectivity index (χ1) is 29.0. The zero-order chi connectivity index (χ0) is 41.1. The molecule has 60 heavy (non-hydrogen) atoms. The lowest BCUT2D eigenvalue weighted by Gasteiger charge is -2.32. The summed E-state index contributed by atoms with van der Waals surface area (Å²) in [6, 6.07) is 41.8. The molecule has 1 aliphatic carbocycles. The predicted molar refractivity (Wildman–Crippen MR) is 252 cm³/mol. The SMILES string of the molecule is Cc1cc(-c2ccc3c(c2)c2cc4c(cc2n3-c2cccnc2)-c2cc3c(cc2C(C)C4C)c2cc(-c4cc(C)c(C)c(C)c4)ccc2n3-c2cccnc2)cc(C)c1C. The molecule has 4 heteroatoms. The van der Waals surface area contributed by atoms with Crippen LogP contribution >= 0.6 is 0 Å². The lowest BCUT2D eigenvalue weighted by molar-refractivity contribution is 0.617. The molecule has 0 bridgehead atoms. The van der Waals surface area contributed by atoms with Crippen LogP contribution in [0, 0.1) is 41.5 Å². The number of hydrogen-bond donors (Lipinski definition) is 0. The van der Waals surface area contributed by atoms with E-state index in [0.29, 0.717) is 11.8 Å². The van der Waals surface area contributed by atoms with Crippen molar-refractivity contribution < 1.29 is 0 Å². The molecule has 0 spiro atoms. The average molecular weight is 777 g/mol. The van der Waals surface area contributed by atoms with Crippen molar-refractivity contribution in [3.05, 3.63) is 178 Å². The van der Waals surface area contributed by atoms with Gasteiger partial charge in [-0.05, 0) is 204 Å². The average Bonchev–Trinajstić information content (AvgIpc) is 3.76. The van der Waals surface area contributed by atoms with Gasteiger partial charge in [0.15, 0.2) is 0 Å². The highest BCUT2D eigenvalue weighted by molar-refractivity contribution is 6.14. The monoisotopic (exact) mass is 776 g/mol. The molecule has 4 heterocycles. The Morgan fingerprint density at radius 1 is 0.400 bits per heavy atom. The summed E-state index contributed by atoms with van der Waals surface area (Å²) in [6.07, 6.45) is 7.69. The molecule has 292 valence electrons. The van der Waals surface area contributed by atoms with E-state index < -0.39 is 0 Å². The number of aryl methyl sites for hydroxylation is 4. The number of benzene rings is 6. The fourth-order valence-corrected chi connectivity index (χ4v) is 10.2. The van der Waals surface area contributed by atoms with Crippen LogP contribution in [-0.2, 0) is 0 Å². The van der Waals surface area contributed by atoms with Crippen LogP contribution in [0.1, 0.15) is 70.2 Å². The number of hydrogen-bond acceptors (Lipinski definition) is 2. The molecule has 4 nitrogen and oxygen atoms in total. The van der Waals surface area contributed by atoms with Gasteiger partial charge in [0.1, 0.15) is 0 Å². The van der Waals surface area contributed by atoms with Gasteiger partial charge in [0.05, 0.1) is 45.8 Å². The third-order valence-electron chi connectivity index (χ3n) is 14.2. The van der Waals surface area contributed by atoms with Crippen LogP contribution in [0.2, 0.25) is 0 Å². The Balaban J connectivity index is 1.19. The molecular formula is C56H48N4. The molecule has 0 saturated heterocycles. The molecule has 0 fully saturated rings. The molecule has 0 saturated carbocycles. The zero-order valence-corrected chi connectivity index (χ0v) is 35.6. The maximum Gasteiger partial charge on any atom is 0.0645 e. The zero-order valence-electron chi connectivity index (χ0n) is 35.6. The van der Waals surface area contributed by atoms with Gasteiger partial charge in [-0.2, -0.15) is 0 Å². The van der Waals surface area contributed by atoms with E-state index in [1.165, 1.54) is 122 Å². The summed E-state index contributed by atoms with van der Waals surface area (Å²) in [4.78, 5) is 9.19. The van der Waals surface area contributed by atoms with Crippen molar-refractivity contribution in [3.63, 3.8) is 0 Å². The minimum atomic E-state index is 0.317. The largest absolute Gasteiger partial charge is 0.308 e. The lowest BCUT2D eigenvalue weighted by Crippen LogP contribution is -2.13. The van der Waals surface area contributed by atoms with Gasteiger partial charge in [-0.1, -0.05) is 50.2 Å². The smallest absolute Gasteiger partial charge is 0.0645 e. The second kappa shape index (κ2) is 13.4. The van der Waals surface area contributed by atoms with Crippen molar-refractivity contribution >= 4 is 43.6 Å². The Labute approximate surface area is 351 Å². The number of nitrogens with zero attached hydrogens (tertiary/aromatic N) is 4. The van der Waals surface area contributed by atoms with E-state index in [4.69, 9.17) is 0 Å². The highest BCUT2D eigenvalue weighted by Gasteiger charge is 2.31. The van der Waals surface area contributed by atoms with Crippen LogP contribution in [0.5, 0.6) is 0 Å². The van der Waals surface area contributed by atoms with Gasteiger partial charge in [-0.15, -0.1) is 0 Å². The molecule has 0 N–H and O–H groups in total. The molecular weight excluding hydrogens is 729 g/mol. The Bertz CT molecular complexity index is 3130. The van der Waals surface area contributed by atoms with Gasteiger partial charge in [-0.25, -0.2) is 0 Å². The first kappa shape index (κ1) is 36.3. The summed E-state index contributed by atoms with van der Waals surface area (Å²) in [6.45, 7) is 18.2. The van der Waals surface area contributed by atoms with Crippen LogP contribution in [0.25, 0.3) is 88.4 Å². The molecule has 2 atom stereocenters. The van der Waals surface area contributed by atoms with Crippen LogP contribution in [0.4, 0.5) is 0 Å². The standard InChI is InChI=1S/C56H48N4/c1-31-19-41(20-32(2)35(31)5)39-13-15-53-49(23-39)51-25-45-37(7)38(8)46-26-52-50-24-40(42-21-33(3)36(6)34(4)22-42)14-16-54(50)60(44-12-10-18-58-30-44)56(52)28-48(46)47(45)27-55(51)59(53)43-11-9-17-57-29-43/h9-30,37-38H,1-8H3. The Hall–Kier alpha value is -6.78. The van der Waals surface area contributed by atoms with Crippen molar-refractivity contribution in [1.29, 1.82) is 0 Å². The fourth-order valence-electron chi connectivity index (χ4n) is 10.2. The maximum atomic E-state index is 4.59. The van der Waals surface area contributed by atoms with E-state index in [0.717, 1.165) is 11.4 Å². The molecule has 6 aromatic carbocycles. The van der Waals surface area contributed by atoms with E-state index in [2.05, 4.69) is 172 Å². The van der Waals surface area contributed by atoms with Crippen LogP contribution in [-0.4, -0.2) is 19.1 Å². The minimum absolute atomic E-state index is 0.317. The molecule has 0 radical (unpaired) electrons. The van der Waals surface area contributed by atoms with Crippen LogP contribution in [0.3, 0.4) is 0 Å². The Morgan fingerprint density at radius 3 is 1.15 bits per heavy atom. The van der Waals surface area contributed by atoms with Gasteiger partial charge in [-0.3, -0.25) is 9.97 Å². The van der Waals surface area contributed by atoms with Crippen LogP contribution in [0.15, 0.2) is 134 Å². The fraction of sp³-hybridized carbons (Fsp3) is 0.179. The van der Waals surface area contributed by atoms with Gasteiger partial charge in [0.25, 0.3) is 0 Å². The van der Waals surface area contributed by atoms with E-state index >= 15 is 0 Å². The first-order valence-corrected chi connectivity index (χ1v) is 21.3. The molecule has 0 amide bonds. The number of pyridine rings is 2. The van der Waals surface area contributed by atoms with Gasteiger partial charge >= 0.3 is 0 Å². The normalized spacial score (nSPS) is 15.0. The van der Waals surface area contributed by atoms with Crippen molar-refractivity contribution in [3.8, 4) is 44.8 Å². The summed E-state index contributed by atoms with van der Waals surface area (Å²) in [7, 11) is 0. The molecule has 4 aromatic heterocycles. The maximum absolute atomic E-state index is 4.59. The summed E-state index contributed by atoms with van der Waals surface area (Å²) in [5.74, 6) is 0.634. The Morgan fingerprint density at radius 2 is 0.783 bits per heavy atom. The van der Waals surface area contributed by atoms with E-state index in [1.54, 1.807) is 0 Å². The van der Waals surface area contributed by atoms with Crippen molar-refractivity contribution in [1.82, 2.24) is 19.1 Å². The third-order valence-corrected chi connectivity index (χ3v) is 14.2. The summed E-state index contributed by atoms with van der Waals surface area (Å²) in [5, 5.41) is 5.07. The summed E-state index contributed by atoms with van der Waals surface area (Å²) >= 11 is 0.